The summed E-state index contributed by atoms with van der Waals surface area (Å²) in [6.45, 7) is 5.95. The summed E-state index contributed by atoms with van der Waals surface area (Å²) in [4.78, 5) is 34.8. The third kappa shape index (κ3) is 5.26. The van der Waals surface area contributed by atoms with E-state index >= 15 is 0 Å². The van der Waals surface area contributed by atoms with Crippen LogP contribution in [0.15, 0.2) is 36.7 Å². The number of piperidine rings is 1. The van der Waals surface area contributed by atoms with Gasteiger partial charge in [-0.3, -0.25) is 14.8 Å². The monoisotopic (exact) mass is 367 g/mol. The van der Waals surface area contributed by atoms with Gasteiger partial charge in [-0.1, -0.05) is 6.92 Å². The Kier molecular flexibility index (Phi) is 6.01. The van der Waals surface area contributed by atoms with Crippen molar-refractivity contribution in [2.45, 2.75) is 33.2 Å². The van der Waals surface area contributed by atoms with Gasteiger partial charge in [-0.05, 0) is 49.9 Å². The Balaban J connectivity index is 1.51. The molecule has 1 aliphatic heterocycles. The Labute approximate surface area is 159 Å². The fourth-order valence-corrected chi connectivity index (χ4v) is 3.11. The van der Waals surface area contributed by atoms with Gasteiger partial charge in [-0.25, -0.2) is 4.79 Å². The summed E-state index contributed by atoms with van der Waals surface area (Å²) >= 11 is 0. The maximum Gasteiger partial charge on any atom is 0.319 e. The Morgan fingerprint density at radius 1 is 1.19 bits per heavy atom. The van der Waals surface area contributed by atoms with Crippen LogP contribution in [0.3, 0.4) is 0 Å². The van der Waals surface area contributed by atoms with Crippen molar-refractivity contribution in [2.24, 2.45) is 5.92 Å². The van der Waals surface area contributed by atoms with Crippen molar-refractivity contribution in [1.29, 1.82) is 0 Å². The molecule has 0 unspecified atom stereocenters. The molecule has 3 rings (SSSR count). The Morgan fingerprint density at radius 3 is 2.63 bits per heavy atom. The summed E-state index contributed by atoms with van der Waals surface area (Å²) in [6, 6.07) is 6.66. The molecule has 0 radical (unpaired) electrons. The number of likely N-dealkylation sites (tertiary alicyclic amines) is 1. The second kappa shape index (κ2) is 8.62. The van der Waals surface area contributed by atoms with Crippen molar-refractivity contribution in [1.82, 2.24) is 20.2 Å². The third-order valence-electron chi connectivity index (χ3n) is 4.60. The summed E-state index contributed by atoms with van der Waals surface area (Å²) in [5, 5.41) is 5.49. The highest BCUT2D eigenvalue weighted by atomic mass is 16.2. The molecule has 0 bridgehead atoms. The molecule has 1 aromatic carbocycles. The van der Waals surface area contributed by atoms with Crippen LogP contribution >= 0.6 is 0 Å². The SMILES string of the molecule is Cc1cnc(CNC(=O)Nc2ccc(C(=O)N3CCC[C@H](C)C3)cc2)cn1. The molecule has 1 atom stereocenters. The van der Waals surface area contributed by atoms with Gasteiger partial charge in [0.2, 0.25) is 0 Å². The number of hydrogen-bond donors (Lipinski definition) is 2. The fraction of sp³-hybridized carbons (Fsp3) is 0.400. The second-order valence-electron chi connectivity index (χ2n) is 7.03. The number of hydrogen-bond acceptors (Lipinski definition) is 4. The van der Waals surface area contributed by atoms with Gasteiger partial charge in [-0.2, -0.15) is 0 Å². The molecule has 1 saturated heterocycles. The Hall–Kier alpha value is -2.96. The summed E-state index contributed by atoms with van der Waals surface area (Å²) in [5.41, 5.74) is 2.79. The van der Waals surface area contributed by atoms with E-state index < -0.39 is 0 Å². The maximum absolute atomic E-state index is 12.6. The predicted octanol–water partition coefficient (Wildman–Crippen LogP) is 2.98. The standard InChI is InChI=1S/C20H25N5O2/c1-14-4-3-9-25(13-14)19(26)16-5-7-17(8-6-16)24-20(27)23-12-18-11-21-15(2)10-22-18/h5-8,10-11,14H,3-4,9,12-13H2,1-2H3,(H2,23,24,27)/t14-/m0/s1. The first kappa shape index (κ1) is 18.8. The molecule has 2 heterocycles. The number of carbonyl (C=O) groups is 2. The number of nitrogens with one attached hydrogen (secondary N) is 2. The molecular formula is C20H25N5O2. The van der Waals surface area contributed by atoms with Crippen LogP contribution in [0.4, 0.5) is 10.5 Å². The van der Waals surface area contributed by atoms with Crippen molar-refractivity contribution in [3.05, 3.63) is 53.6 Å². The highest BCUT2D eigenvalue weighted by Gasteiger charge is 2.21. The predicted molar refractivity (Wildman–Crippen MR) is 103 cm³/mol. The zero-order valence-electron chi connectivity index (χ0n) is 15.7. The third-order valence-corrected chi connectivity index (χ3v) is 4.60. The molecule has 1 fully saturated rings. The summed E-state index contributed by atoms with van der Waals surface area (Å²) in [7, 11) is 0. The molecule has 2 aromatic rings. The van der Waals surface area contributed by atoms with Crippen LogP contribution in [0.5, 0.6) is 0 Å². The minimum Gasteiger partial charge on any atom is -0.338 e. The molecule has 3 amide bonds. The quantitative estimate of drug-likeness (QED) is 0.870. The number of urea groups is 1. The second-order valence-corrected chi connectivity index (χ2v) is 7.03. The zero-order chi connectivity index (χ0) is 19.2. The molecular weight excluding hydrogens is 342 g/mol. The Morgan fingerprint density at radius 2 is 1.96 bits per heavy atom. The van der Waals surface area contributed by atoms with E-state index in [0.29, 0.717) is 29.4 Å². The smallest absolute Gasteiger partial charge is 0.319 e. The van der Waals surface area contributed by atoms with Crippen molar-refractivity contribution in [3.8, 4) is 0 Å². The van der Waals surface area contributed by atoms with Gasteiger partial charge >= 0.3 is 6.03 Å². The molecule has 1 aromatic heterocycles. The van der Waals surface area contributed by atoms with E-state index in [-0.39, 0.29) is 11.9 Å². The van der Waals surface area contributed by atoms with E-state index in [4.69, 9.17) is 0 Å². The Bertz CT molecular complexity index is 789. The van der Waals surface area contributed by atoms with Crippen LogP contribution in [0.25, 0.3) is 0 Å². The first-order chi connectivity index (χ1) is 13.0. The largest absolute Gasteiger partial charge is 0.338 e. The minimum atomic E-state index is -0.332. The number of anilines is 1. The van der Waals surface area contributed by atoms with Crippen molar-refractivity contribution in [2.75, 3.05) is 18.4 Å². The molecule has 142 valence electrons. The number of aromatic nitrogens is 2. The minimum absolute atomic E-state index is 0.0514. The van der Waals surface area contributed by atoms with Gasteiger partial charge in [0.25, 0.3) is 5.91 Å². The van der Waals surface area contributed by atoms with Crippen LogP contribution in [-0.2, 0) is 6.54 Å². The average Bonchev–Trinajstić information content (AvgIpc) is 2.67. The number of benzene rings is 1. The van der Waals surface area contributed by atoms with E-state index in [1.807, 2.05) is 11.8 Å². The maximum atomic E-state index is 12.6. The fourth-order valence-electron chi connectivity index (χ4n) is 3.11. The van der Waals surface area contributed by atoms with Crippen LogP contribution in [0.1, 0.15) is 41.5 Å². The van der Waals surface area contributed by atoms with Gasteiger partial charge in [0.1, 0.15) is 0 Å². The van der Waals surface area contributed by atoms with Crippen LogP contribution in [0, 0.1) is 12.8 Å². The highest BCUT2D eigenvalue weighted by molar-refractivity contribution is 5.95. The van der Waals surface area contributed by atoms with Gasteiger partial charge in [0.05, 0.1) is 24.1 Å². The molecule has 7 heteroatoms. The van der Waals surface area contributed by atoms with Crippen molar-refractivity contribution >= 4 is 17.6 Å². The lowest BCUT2D eigenvalue weighted by Crippen LogP contribution is -2.39. The van der Waals surface area contributed by atoms with Crippen LogP contribution in [0.2, 0.25) is 0 Å². The number of carbonyl (C=O) groups excluding carboxylic acids is 2. The van der Waals surface area contributed by atoms with E-state index in [1.54, 1.807) is 36.7 Å². The van der Waals surface area contributed by atoms with E-state index in [9.17, 15) is 9.59 Å². The number of amides is 3. The molecule has 2 N–H and O–H groups in total. The van der Waals surface area contributed by atoms with Crippen molar-refractivity contribution in [3.63, 3.8) is 0 Å². The highest BCUT2D eigenvalue weighted by Crippen LogP contribution is 2.19. The zero-order valence-corrected chi connectivity index (χ0v) is 15.7. The van der Waals surface area contributed by atoms with E-state index in [1.165, 1.54) is 6.42 Å². The lowest BCUT2D eigenvalue weighted by Gasteiger charge is -2.31. The van der Waals surface area contributed by atoms with Crippen LogP contribution < -0.4 is 10.6 Å². The molecule has 1 aliphatic rings. The summed E-state index contributed by atoms with van der Waals surface area (Å²) < 4.78 is 0. The molecule has 0 saturated carbocycles. The lowest BCUT2D eigenvalue weighted by atomic mass is 9.99. The molecule has 7 nitrogen and oxygen atoms in total. The van der Waals surface area contributed by atoms with E-state index in [0.717, 1.165) is 25.2 Å². The van der Waals surface area contributed by atoms with Gasteiger partial charge in [0, 0.05) is 30.5 Å². The van der Waals surface area contributed by atoms with Crippen molar-refractivity contribution < 1.29 is 9.59 Å². The molecule has 27 heavy (non-hydrogen) atoms. The van der Waals surface area contributed by atoms with Gasteiger partial charge in [0.15, 0.2) is 0 Å². The summed E-state index contributed by atoms with van der Waals surface area (Å²) in [6.07, 6.45) is 5.53. The number of aryl methyl sites for hydroxylation is 1. The lowest BCUT2D eigenvalue weighted by molar-refractivity contribution is 0.0683. The first-order valence-corrected chi connectivity index (χ1v) is 9.23. The summed E-state index contributed by atoms with van der Waals surface area (Å²) in [5.74, 6) is 0.598. The van der Waals surface area contributed by atoms with Crippen LogP contribution in [-0.4, -0.2) is 39.9 Å². The number of nitrogens with zero attached hydrogens (tertiary/aromatic N) is 3. The first-order valence-electron chi connectivity index (χ1n) is 9.23. The van der Waals surface area contributed by atoms with Gasteiger partial charge in [-0.15, -0.1) is 0 Å². The van der Waals surface area contributed by atoms with E-state index in [2.05, 4.69) is 27.5 Å². The molecule has 0 spiro atoms. The van der Waals surface area contributed by atoms with Gasteiger partial charge < -0.3 is 15.5 Å². The number of rotatable bonds is 4. The molecule has 0 aliphatic carbocycles. The normalized spacial score (nSPS) is 16.7. The average molecular weight is 367 g/mol. The topological polar surface area (TPSA) is 87.2 Å².